The Morgan fingerprint density at radius 1 is 1.75 bits per heavy atom. The predicted molar refractivity (Wildman–Crippen MR) is 32.6 cm³/mol. The minimum Gasteiger partial charge on any atom is -0.391 e. The van der Waals surface area contributed by atoms with Crippen LogP contribution in [0.4, 0.5) is 0 Å². The third-order valence-electron chi connectivity index (χ3n) is 1.47. The second-order valence-corrected chi connectivity index (χ2v) is 2.05. The van der Waals surface area contributed by atoms with Gasteiger partial charge in [0.25, 0.3) is 0 Å². The van der Waals surface area contributed by atoms with Crippen LogP contribution in [0, 0.1) is 0 Å². The van der Waals surface area contributed by atoms with Crippen molar-refractivity contribution in [3.8, 4) is 0 Å². The molecule has 46 valence electrons. The highest BCUT2D eigenvalue weighted by molar-refractivity contribution is 5.05. The second kappa shape index (κ2) is 2.29. The summed E-state index contributed by atoms with van der Waals surface area (Å²) in [4.78, 5) is 0. The summed E-state index contributed by atoms with van der Waals surface area (Å²) in [6, 6.07) is 0.190. The smallest absolute Gasteiger partial charge is 0.0763 e. The third-order valence-corrected chi connectivity index (χ3v) is 1.47. The van der Waals surface area contributed by atoms with E-state index in [2.05, 4.69) is 5.32 Å². The van der Waals surface area contributed by atoms with Crippen LogP contribution in [-0.2, 0) is 0 Å². The van der Waals surface area contributed by atoms with Gasteiger partial charge in [0.15, 0.2) is 0 Å². The van der Waals surface area contributed by atoms with Crippen LogP contribution in [0.1, 0.15) is 6.42 Å². The number of likely N-dealkylation sites (N-methyl/N-ethyl adjacent to an activating group) is 1. The fourth-order valence-electron chi connectivity index (χ4n) is 0.928. The van der Waals surface area contributed by atoms with Crippen molar-refractivity contribution in [2.24, 2.45) is 0 Å². The van der Waals surface area contributed by atoms with E-state index in [1.165, 1.54) is 0 Å². The highest BCUT2D eigenvalue weighted by atomic mass is 16.3. The summed E-state index contributed by atoms with van der Waals surface area (Å²) in [5.41, 5.74) is 0. The molecule has 1 aliphatic rings. The van der Waals surface area contributed by atoms with Gasteiger partial charge in [-0.3, -0.25) is 0 Å². The van der Waals surface area contributed by atoms with E-state index in [4.69, 9.17) is 5.11 Å². The molecule has 0 aromatic heterocycles. The molecule has 2 heteroatoms. The molecule has 0 aromatic rings. The maximum atomic E-state index is 9.06. The Morgan fingerprint density at radius 3 is 2.75 bits per heavy atom. The normalized spacial score (nSPS) is 36.2. The number of hydrogen-bond donors (Lipinski definition) is 2. The van der Waals surface area contributed by atoms with Gasteiger partial charge in [-0.25, -0.2) is 0 Å². The molecule has 0 aromatic carbocycles. The van der Waals surface area contributed by atoms with Crippen molar-refractivity contribution in [3.05, 3.63) is 12.2 Å². The lowest BCUT2D eigenvalue weighted by Crippen LogP contribution is -2.32. The molecule has 2 nitrogen and oxygen atoms in total. The number of aliphatic hydroxyl groups excluding tert-OH is 1. The third kappa shape index (κ3) is 0.904. The largest absolute Gasteiger partial charge is 0.391 e. The number of aliphatic hydroxyl groups is 1. The minimum absolute atomic E-state index is 0.190. The molecule has 0 amide bonds. The molecule has 2 N–H and O–H groups in total. The SMILES string of the molecule is CNC1C=CCC1O. The van der Waals surface area contributed by atoms with Gasteiger partial charge in [0, 0.05) is 0 Å². The van der Waals surface area contributed by atoms with Crippen molar-refractivity contribution >= 4 is 0 Å². The first-order chi connectivity index (χ1) is 3.84. The van der Waals surface area contributed by atoms with E-state index in [1.807, 2.05) is 19.2 Å². The summed E-state index contributed by atoms with van der Waals surface area (Å²) < 4.78 is 0. The minimum atomic E-state index is -0.194. The Morgan fingerprint density at radius 2 is 2.50 bits per heavy atom. The Labute approximate surface area is 49.2 Å². The molecule has 2 atom stereocenters. The first-order valence-corrected chi connectivity index (χ1v) is 2.86. The topological polar surface area (TPSA) is 32.3 Å². The molecule has 8 heavy (non-hydrogen) atoms. The first-order valence-electron chi connectivity index (χ1n) is 2.86. The van der Waals surface area contributed by atoms with Gasteiger partial charge in [-0.1, -0.05) is 12.2 Å². The fraction of sp³-hybridized carbons (Fsp3) is 0.667. The van der Waals surface area contributed by atoms with Crippen LogP contribution in [0.2, 0.25) is 0 Å². The zero-order valence-corrected chi connectivity index (χ0v) is 4.96. The summed E-state index contributed by atoms with van der Waals surface area (Å²) in [5, 5.41) is 12.0. The molecule has 0 saturated heterocycles. The molecule has 0 radical (unpaired) electrons. The van der Waals surface area contributed by atoms with E-state index >= 15 is 0 Å². The molecule has 0 heterocycles. The lowest BCUT2D eigenvalue weighted by atomic mass is 10.2. The molecule has 0 aliphatic heterocycles. The number of hydrogen-bond acceptors (Lipinski definition) is 2. The fourth-order valence-corrected chi connectivity index (χ4v) is 0.928. The Kier molecular flexibility index (Phi) is 1.65. The lowest BCUT2D eigenvalue weighted by Gasteiger charge is -2.10. The van der Waals surface area contributed by atoms with Crippen LogP contribution >= 0.6 is 0 Å². The van der Waals surface area contributed by atoms with Crippen molar-refractivity contribution in [3.63, 3.8) is 0 Å². The van der Waals surface area contributed by atoms with E-state index in [9.17, 15) is 0 Å². The van der Waals surface area contributed by atoms with Gasteiger partial charge in [-0.05, 0) is 13.5 Å². The quantitative estimate of drug-likeness (QED) is 0.465. The van der Waals surface area contributed by atoms with Crippen LogP contribution in [0.3, 0.4) is 0 Å². The molecular weight excluding hydrogens is 102 g/mol. The van der Waals surface area contributed by atoms with Crippen molar-refractivity contribution in [2.75, 3.05) is 7.05 Å². The van der Waals surface area contributed by atoms with Gasteiger partial charge in [0.1, 0.15) is 0 Å². The van der Waals surface area contributed by atoms with E-state index in [0.29, 0.717) is 0 Å². The van der Waals surface area contributed by atoms with Gasteiger partial charge >= 0.3 is 0 Å². The zero-order chi connectivity index (χ0) is 5.98. The van der Waals surface area contributed by atoms with Crippen molar-refractivity contribution in [2.45, 2.75) is 18.6 Å². The molecule has 0 fully saturated rings. The zero-order valence-electron chi connectivity index (χ0n) is 4.96. The van der Waals surface area contributed by atoms with E-state index < -0.39 is 0 Å². The Bertz CT molecular complexity index is 101. The molecular formula is C6H11NO. The van der Waals surface area contributed by atoms with Crippen LogP contribution < -0.4 is 5.32 Å². The monoisotopic (exact) mass is 113 g/mol. The summed E-state index contributed by atoms with van der Waals surface area (Å²) >= 11 is 0. The van der Waals surface area contributed by atoms with E-state index in [1.54, 1.807) is 0 Å². The predicted octanol–water partition coefficient (Wildman–Crippen LogP) is -0.105. The van der Waals surface area contributed by atoms with Crippen LogP contribution in [0.15, 0.2) is 12.2 Å². The van der Waals surface area contributed by atoms with Gasteiger partial charge in [0.2, 0.25) is 0 Å². The van der Waals surface area contributed by atoms with Crippen molar-refractivity contribution in [1.29, 1.82) is 0 Å². The second-order valence-electron chi connectivity index (χ2n) is 2.05. The maximum absolute atomic E-state index is 9.06. The maximum Gasteiger partial charge on any atom is 0.0763 e. The first kappa shape index (κ1) is 5.79. The molecule has 0 spiro atoms. The van der Waals surface area contributed by atoms with Crippen LogP contribution in [0.25, 0.3) is 0 Å². The summed E-state index contributed by atoms with van der Waals surface area (Å²) in [6.45, 7) is 0. The van der Waals surface area contributed by atoms with Crippen molar-refractivity contribution < 1.29 is 5.11 Å². The Hall–Kier alpha value is -0.340. The average Bonchev–Trinajstić information content (AvgIpc) is 2.14. The number of rotatable bonds is 1. The van der Waals surface area contributed by atoms with Crippen LogP contribution in [-0.4, -0.2) is 24.3 Å². The van der Waals surface area contributed by atoms with Crippen molar-refractivity contribution in [1.82, 2.24) is 5.32 Å². The standard InChI is InChI=1S/C6H11NO/c1-7-5-3-2-4-6(5)8/h2-3,5-8H,4H2,1H3. The van der Waals surface area contributed by atoms with E-state index in [-0.39, 0.29) is 12.1 Å². The highest BCUT2D eigenvalue weighted by Gasteiger charge is 2.16. The molecule has 0 bridgehead atoms. The summed E-state index contributed by atoms with van der Waals surface area (Å²) in [6.07, 6.45) is 4.59. The number of nitrogens with one attached hydrogen (secondary N) is 1. The Balaban J connectivity index is 2.41. The summed E-state index contributed by atoms with van der Waals surface area (Å²) in [5.74, 6) is 0. The van der Waals surface area contributed by atoms with Gasteiger partial charge in [-0.15, -0.1) is 0 Å². The molecule has 1 rings (SSSR count). The van der Waals surface area contributed by atoms with Gasteiger partial charge < -0.3 is 10.4 Å². The molecule has 1 aliphatic carbocycles. The summed E-state index contributed by atoms with van der Waals surface area (Å²) in [7, 11) is 1.85. The molecule has 2 unspecified atom stereocenters. The van der Waals surface area contributed by atoms with Gasteiger partial charge in [0.05, 0.1) is 12.1 Å². The van der Waals surface area contributed by atoms with E-state index in [0.717, 1.165) is 6.42 Å². The average molecular weight is 113 g/mol. The highest BCUT2D eigenvalue weighted by Crippen LogP contribution is 2.08. The van der Waals surface area contributed by atoms with Crippen LogP contribution in [0.5, 0.6) is 0 Å². The molecule has 0 saturated carbocycles. The van der Waals surface area contributed by atoms with Gasteiger partial charge in [-0.2, -0.15) is 0 Å². The lowest BCUT2D eigenvalue weighted by molar-refractivity contribution is 0.161.